The lowest BCUT2D eigenvalue weighted by molar-refractivity contribution is -0.142. The first-order chi connectivity index (χ1) is 13.3. The van der Waals surface area contributed by atoms with Crippen molar-refractivity contribution in [1.29, 1.82) is 0 Å². The summed E-state index contributed by atoms with van der Waals surface area (Å²) in [5.74, 6) is -4.82. The van der Waals surface area contributed by atoms with E-state index < -0.39 is 35.4 Å². The van der Waals surface area contributed by atoms with Gasteiger partial charge in [-0.1, -0.05) is 18.2 Å². The Kier molecular flexibility index (Phi) is 5.74. The van der Waals surface area contributed by atoms with Crippen LogP contribution in [-0.4, -0.2) is 22.0 Å². The van der Waals surface area contributed by atoms with Gasteiger partial charge < -0.3 is 10.4 Å². The molecule has 2 aromatic carbocycles. The molecule has 2 N–H and O–H groups in total. The Hall–Kier alpha value is -3.20. The molecule has 0 saturated heterocycles. The van der Waals surface area contributed by atoms with Crippen molar-refractivity contribution in [2.24, 2.45) is 0 Å². The van der Waals surface area contributed by atoms with E-state index in [2.05, 4.69) is 10.3 Å². The highest BCUT2D eigenvalue weighted by atomic mass is 32.1. The smallest absolute Gasteiger partial charge is 0.330 e. The van der Waals surface area contributed by atoms with E-state index in [4.69, 9.17) is 0 Å². The topological polar surface area (TPSA) is 79.3 Å². The van der Waals surface area contributed by atoms with E-state index >= 15 is 0 Å². The average molecular weight is 406 g/mol. The van der Waals surface area contributed by atoms with Crippen LogP contribution in [0.15, 0.2) is 47.8 Å². The number of nitrogens with one attached hydrogen (secondary N) is 1. The van der Waals surface area contributed by atoms with E-state index in [1.54, 1.807) is 11.4 Å². The molecule has 0 aliphatic carbocycles. The number of carboxylic acids is 1. The van der Waals surface area contributed by atoms with E-state index in [0.29, 0.717) is 16.3 Å². The fraction of sp³-hybridized carbons (Fsp3) is 0.105. The fourth-order valence-corrected chi connectivity index (χ4v) is 3.32. The number of benzene rings is 2. The minimum atomic E-state index is -1.54. The van der Waals surface area contributed by atoms with Crippen molar-refractivity contribution in [1.82, 2.24) is 10.3 Å². The molecule has 1 heterocycles. The zero-order chi connectivity index (χ0) is 20.3. The summed E-state index contributed by atoms with van der Waals surface area (Å²) in [5, 5.41) is 13.7. The molecule has 0 saturated carbocycles. The van der Waals surface area contributed by atoms with Crippen LogP contribution < -0.4 is 5.32 Å². The molecule has 0 spiro atoms. The van der Waals surface area contributed by atoms with Crippen LogP contribution in [0.1, 0.15) is 17.3 Å². The monoisotopic (exact) mass is 406 g/mol. The van der Waals surface area contributed by atoms with Crippen LogP contribution in [0.3, 0.4) is 0 Å². The molecule has 9 heteroatoms. The van der Waals surface area contributed by atoms with E-state index in [1.807, 2.05) is 0 Å². The number of amides is 1. The fourth-order valence-electron chi connectivity index (χ4n) is 2.50. The van der Waals surface area contributed by atoms with Crippen molar-refractivity contribution in [3.63, 3.8) is 0 Å². The maximum absolute atomic E-state index is 13.4. The number of aliphatic carboxylic acids is 1. The van der Waals surface area contributed by atoms with Gasteiger partial charge in [0.1, 0.15) is 10.8 Å². The number of carbonyl (C=O) groups excluding carboxylic acids is 1. The molecule has 144 valence electrons. The highest BCUT2D eigenvalue weighted by Gasteiger charge is 2.23. The lowest BCUT2D eigenvalue weighted by atomic mass is 10.1. The molecule has 0 radical (unpaired) electrons. The number of rotatable bonds is 6. The van der Waals surface area contributed by atoms with Gasteiger partial charge in [0.05, 0.1) is 12.1 Å². The zero-order valence-corrected chi connectivity index (χ0v) is 15.0. The maximum Gasteiger partial charge on any atom is 0.330 e. The van der Waals surface area contributed by atoms with E-state index in [9.17, 15) is 27.9 Å². The molecule has 0 aliphatic rings. The summed E-state index contributed by atoms with van der Waals surface area (Å²) >= 11 is 1.21. The van der Waals surface area contributed by atoms with Crippen molar-refractivity contribution in [2.75, 3.05) is 0 Å². The molecule has 1 amide bonds. The third-order valence-electron chi connectivity index (χ3n) is 3.79. The molecule has 5 nitrogen and oxygen atoms in total. The Balaban J connectivity index is 1.71. The average Bonchev–Trinajstić information content (AvgIpc) is 3.10. The van der Waals surface area contributed by atoms with Gasteiger partial charge in [-0.3, -0.25) is 4.79 Å². The lowest BCUT2D eigenvalue weighted by Gasteiger charge is -2.14. The Morgan fingerprint density at radius 1 is 1.11 bits per heavy atom. The first-order valence-corrected chi connectivity index (χ1v) is 8.89. The number of carbonyl (C=O) groups is 2. The van der Waals surface area contributed by atoms with Crippen LogP contribution in [0.4, 0.5) is 13.2 Å². The predicted molar refractivity (Wildman–Crippen MR) is 96.1 cm³/mol. The molecule has 3 rings (SSSR count). The lowest BCUT2D eigenvalue weighted by Crippen LogP contribution is -2.34. The van der Waals surface area contributed by atoms with Crippen molar-refractivity contribution in [3.8, 4) is 10.6 Å². The highest BCUT2D eigenvalue weighted by Crippen LogP contribution is 2.24. The van der Waals surface area contributed by atoms with Crippen LogP contribution >= 0.6 is 11.3 Å². The summed E-state index contributed by atoms with van der Waals surface area (Å²) in [4.78, 5) is 27.9. The Morgan fingerprint density at radius 3 is 2.57 bits per heavy atom. The second-order valence-corrected chi connectivity index (χ2v) is 6.70. The molecule has 1 atom stereocenters. The molecule has 1 unspecified atom stereocenters. The van der Waals surface area contributed by atoms with Gasteiger partial charge in [-0.2, -0.15) is 0 Å². The minimum absolute atomic E-state index is 0.0986. The largest absolute Gasteiger partial charge is 0.479 e. The van der Waals surface area contributed by atoms with Crippen LogP contribution in [0.5, 0.6) is 0 Å². The highest BCUT2D eigenvalue weighted by molar-refractivity contribution is 7.13. The van der Waals surface area contributed by atoms with E-state index in [-0.39, 0.29) is 12.0 Å². The molecular formula is C19H13F3N2O3S. The zero-order valence-electron chi connectivity index (χ0n) is 14.2. The summed E-state index contributed by atoms with van der Waals surface area (Å²) in [7, 11) is 0. The predicted octanol–water partition coefficient (Wildman–Crippen LogP) is 3.71. The third-order valence-corrected chi connectivity index (χ3v) is 4.73. The molecule has 28 heavy (non-hydrogen) atoms. The van der Waals surface area contributed by atoms with Gasteiger partial charge in [0.2, 0.25) is 5.91 Å². The molecule has 0 bridgehead atoms. The summed E-state index contributed by atoms with van der Waals surface area (Å²) in [6, 6.07) is 6.89. The summed E-state index contributed by atoms with van der Waals surface area (Å²) < 4.78 is 39.7. The summed E-state index contributed by atoms with van der Waals surface area (Å²) in [6.07, 6.45) is -0.223. The molecule has 1 aromatic heterocycles. The van der Waals surface area contributed by atoms with Crippen LogP contribution in [0, 0.1) is 17.5 Å². The number of carboxylic acid groups (broad SMARTS) is 1. The van der Waals surface area contributed by atoms with Crippen molar-refractivity contribution in [2.45, 2.75) is 12.5 Å². The second-order valence-electron chi connectivity index (χ2n) is 5.84. The molecule has 0 fully saturated rings. The van der Waals surface area contributed by atoms with Gasteiger partial charge in [0.25, 0.3) is 0 Å². The van der Waals surface area contributed by atoms with Crippen LogP contribution in [-0.2, 0) is 16.0 Å². The van der Waals surface area contributed by atoms with E-state index in [1.165, 1.54) is 29.5 Å². The third kappa shape index (κ3) is 4.55. The number of aromatic nitrogens is 1. The summed E-state index contributed by atoms with van der Waals surface area (Å²) in [5.41, 5.74) is 0.830. The van der Waals surface area contributed by atoms with E-state index in [0.717, 1.165) is 18.2 Å². The maximum atomic E-state index is 13.4. The van der Waals surface area contributed by atoms with Crippen LogP contribution in [0.25, 0.3) is 10.6 Å². The first kappa shape index (κ1) is 19.6. The number of hydrogen-bond donors (Lipinski definition) is 2. The van der Waals surface area contributed by atoms with Gasteiger partial charge in [0.15, 0.2) is 17.7 Å². The quantitative estimate of drug-likeness (QED) is 0.654. The van der Waals surface area contributed by atoms with Crippen molar-refractivity contribution in [3.05, 3.63) is 76.6 Å². The van der Waals surface area contributed by atoms with Gasteiger partial charge in [-0.05, 0) is 29.8 Å². The SMILES string of the molecule is O=C(Cc1csc(-c2cccc(F)c2)n1)NC(C(=O)O)c1ccc(F)c(F)c1. The van der Waals surface area contributed by atoms with Gasteiger partial charge in [-0.25, -0.2) is 22.9 Å². The molecule has 3 aromatic rings. The Morgan fingerprint density at radius 2 is 1.89 bits per heavy atom. The minimum Gasteiger partial charge on any atom is -0.479 e. The van der Waals surface area contributed by atoms with Crippen molar-refractivity contribution < 1.29 is 27.9 Å². The van der Waals surface area contributed by atoms with Gasteiger partial charge in [-0.15, -0.1) is 11.3 Å². The van der Waals surface area contributed by atoms with Gasteiger partial charge >= 0.3 is 5.97 Å². The second kappa shape index (κ2) is 8.22. The number of nitrogens with zero attached hydrogens (tertiary/aromatic N) is 1. The molecule has 0 aliphatic heterocycles. The first-order valence-electron chi connectivity index (χ1n) is 8.01. The van der Waals surface area contributed by atoms with Crippen molar-refractivity contribution >= 4 is 23.2 Å². The number of thiazole rings is 1. The molecular weight excluding hydrogens is 393 g/mol. The standard InChI is InChI=1S/C19H13F3N2O3S/c20-12-3-1-2-11(6-12)18-23-13(9-28-18)8-16(25)24-17(19(26)27)10-4-5-14(21)15(22)7-10/h1-7,9,17H,8H2,(H,24,25)(H,26,27). The summed E-state index contributed by atoms with van der Waals surface area (Å²) in [6.45, 7) is 0. The van der Waals surface area contributed by atoms with Crippen LogP contribution in [0.2, 0.25) is 0 Å². The van der Waals surface area contributed by atoms with Gasteiger partial charge in [0, 0.05) is 10.9 Å². The Labute approximate surface area is 161 Å². The number of halogens is 3. The number of hydrogen-bond acceptors (Lipinski definition) is 4. The Bertz CT molecular complexity index is 1040. The normalized spacial score (nSPS) is 11.8.